The Balaban J connectivity index is 2.20. The Bertz CT molecular complexity index is 827. The summed E-state index contributed by atoms with van der Waals surface area (Å²) in [7, 11) is -3.87. The molecule has 0 bridgehead atoms. The molecule has 0 spiro atoms. The zero-order valence-corrected chi connectivity index (χ0v) is 12.4. The molecular weight excluding hydrogens is 288 g/mol. The van der Waals surface area contributed by atoms with Crippen LogP contribution in [0.3, 0.4) is 0 Å². The van der Waals surface area contributed by atoms with E-state index in [1.807, 2.05) is 25.1 Å². The molecule has 0 saturated heterocycles. The molecule has 0 saturated carbocycles. The van der Waals surface area contributed by atoms with Crippen LogP contribution in [0.25, 0.3) is 0 Å². The first-order valence-corrected chi connectivity index (χ1v) is 8.25. The maximum atomic E-state index is 12.9. The van der Waals surface area contributed by atoms with Gasteiger partial charge in [-0.05, 0) is 31.4 Å². The van der Waals surface area contributed by atoms with Crippen LogP contribution < -0.4 is 9.73 Å². The molecule has 0 fully saturated rings. The van der Waals surface area contributed by atoms with Crippen LogP contribution in [0.5, 0.6) is 0 Å². The van der Waals surface area contributed by atoms with Crippen LogP contribution in [0.1, 0.15) is 18.9 Å². The van der Waals surface area contributed by atoms with E-state index in [2.05, 4.69) is 4.98 Å². The molecule has 2 aromatic rings. The van der Waals surface area contributed by atoms with E-state index in [1.54, 1.807) is 6.07 Å². The van der Waals surface area contributed by atoms with Gasteiger partial charge in [0.25, 0.3) is 10.0 Å². The minimum absolute atomic E-state index is 0.176. The third-order valence-corrected chi connectivity index (χ3v) is 5.74. The van der Waals surface area contributed by atoms with E-state index in [0.29, 0.717) is 5.69 Å². The molecule has 0 radical (unpaired) electrons. The number of anilines is 1. The minimum Gasteiger partial charge on any atom is -0.366 e. The van der Waals surface area contributed by atoms with Crippen molar-refractivity contribution in [2.24, 2.45) is 0 Å². The number of para-hydroxylation sites is 1. The van der Waals surface area contributed by atoms with E-state index >= 15 is 0 Å². The number of aryl methyl sites for hydroxylation is 1. The Morgan fingerprint density at radius 3 is 2.76 bits per heavy atom. The maximum absolute atomic E-state index is 12.9. The number of hydrogen-bond donors (Lipinski definition) is 1. The van der Waals surface area contributed by atoms with E-state index in [0.717, 1.165) is 18.4 Å². The number of sulfonamides is 1. The molecule has 1 atom stereocenters. The van der Waals surface area contributed by atoms with Gasteiger partial charge >= 0.3 is 0 Å². The molecule has 5 nitrogen and oxygen atoms in total. The topological polar surface area (TPSA) is 70.2 Å². The van der Waals surface area contributed by atoms with Crippen molar-refractivity contribution in [3.63, 3.8) is 0 Å². The molecule has 1 N–H and O–H groups in total. The van der Waals surface area contributed by atoms with Crippen molar-refractivity contribution in [2.45, 2.75) is 30.7 Å². The van der Waals surface area contributed by atoms with Gasteiger partial charge in [0.15, 0.2) is 4.90 Å². The second-order valence-corrected chi connectivity index (χ2v) is 6.97. The lowest BCUT2D eigenvalue weighted by atomic mass is 9.99. The van der Waals surface area contributed by atoms with Gasteiger partial charge in [-0.15, -0.1) is 0 Å². The maximum Gasteiger partial charge on any atom is 0.269 e. The summed E-state index contributed by atoms with van der Waals surface area (Å²) in [6, 6.07) is 8.49. The first-order valence-electron chi connectivity index (χ1n) is 6.81. The second kappa shape index (κ2) is 5.04. The van der Waals surface area contributed by atoms with Gasteiger partial charge in [-0.25, -0.2) is 8.42 Å². The fourth-order valence-corrected chi connectivity index (χ4v) is 4.50. The zero-order chi connectivity index (χ0) is 15.0. The predicted octanol–water partition coefficient (Wildman–Crippen LogP) is 1.90. The lowest BCUT2D eigenvalue weighted by Crippen LogP contribution is -2.43. The van der Waals surface area contributed by atoms with Crippen LogP contribution in [0, 0.1) is 0 Å². The Morgan fingerprint density at radius 2 is 2.00 bits per heavy atom. The zero-order valence-electron chi connectivity index (χ0n) is 11.6. The van der Waals surface area contributed by atoms with Crippen LogP contribution in [-0.4, -0.2) is 19.4 Å². The van der Waals surface area contributed by atoms with Gasteiger partial charge < -0.3 is 4.98 Å². The Morgan fingerprint density at radius 1 is 1.24 bits per heavy atom. The quantitative estimate of drug-likeness (QED) is 0.921. The predicted molar refractivity (Wildman–Crippen MR) is 81.0 cm³/mol. The van der Waals surface area contributed by atoms with Gasteiger partial charge in [-0.2, -0.15) is 0 Å². The smallest absolute Gasteiger partial charge is 0.269 e. The molecule has 0 amide bonds. The highest BCUT2D eigenvalue weighted by atomic mass is 32.2. The molecule has 2 heterocycles. The van der Waals surface area contributed by atoms with Gasteiger partial charge in [0.1, 0.15) is 0 Å². The first-order chi connectivity index (χ1) is 10.0. The van der Waals surface area contributed by atoms with Crippen LogP contribution >= 0.6 is 0 Å². The monoisotopic (exact) mass is 304 g/mol. The Hall–Kier alpha value is -2.08. The molecule has 21 heavy (non-hydrogen) atoms. The van der Waals surface area contributed by atoms with Crippen molar-refractivity contribution in [3.05, 3.63) is 58.5 Å². The average Bonchev–Trinajstić information content (AvgIpc) is 2.47. The SMILES string of the molecule is CC1CCc2ccccc2N1S(=O)(=O)c1c[nH]ccc1=O. The molecule has 1 aromatic heterocycles. The molecule has 0 aliphatic carbocycles. The fraction of sp³-hybridized carbons (Fsp3) is 0.267. The lowest BCUT2D eigenvalue weighted by Gasteiger charge is -2.35. The van der Waals surface area contributed by atoms with E-state index in [4.69, 9.17) is 0 Å². The van der Waals surface area contributed by atoms with Gasteiger partial charge in [-0.1, -0.05) is 18.2 Å². The average molecular weight is 304 g/mol. The molecule has 1 aliphatic heterocycles. The van der Waals surface area contributed by atoms with Crippen molar-refractivity contribution >= 4 is 15.7 Å². The summed E-state index contributed by atoms with van der Waals surface area (Å²) in [4.78, 5) is 14.4. The number of hydrogen-bond acceptors (Lipinski definition) is 3. The highest BCUT2D eigenvalue weighted by Crippen LogP contribution is 2.34. The highest BCUT2D eigenvalue weighted by Gasteiger charge is 2.34. The Labute approximate surface area is 123 Å². The molecule has 6 heteroatoms. The number of aromatic amines is 1. The van der Waals surface area contributed by atoms with Crippen molar-refractivity contribution in [1.29, 1.82) is 0 Å². The molecule has 1 aliphatic rings. The highest BCUT2D eigenvalue weighted by molar-refractivity contribution is 7.92. The van der Waals surface area contributed by atoms with Crippen molar-refractivity contribution in [3.8, 4) is 0 Å². The van der Waals surface area contributed by atoms with Crippen molar-refractivity contribution < 1.29 is 8.42 Å². The summed E-state index contributed by atoms with van der Waals surface area (Å²) in [5.74, 6) is 0. The minimum atomic E-state index is -3.87. The fourth-order valence-electron chi connectivity index (χ4n) is 2.73. The van der Waals surface area contributed by atoms with Crippen LogP contribution in [-0.2, 0) is 16.4 Å². The summed E-state index contributed by atoms with van der Waals surface area (Å²) < 4.78 is 27.1. The number of pyridine rings is 1. The summed E-state index contributed by atoms with van der Waals surface area (Å²) in [5, 5.41) is 0. The van der Waals surface area contributed by atoms with Gasteiger partial charge in [0.05, 0.1) is 5.69 Å². The third-order valence-electron chi connectivity index (χ3n) is 3.79. The number of fused-ring (bicyclic) bond motifs is 1. The summed E-state index contributed by atoms with van der Waals surface area (Å²) in [6.45, 7) is 1.87. The van der Waals surface area contributed by atoms with Crippen LogP contribution in [0.2, 0.25) is 0 Å². The normalized spacial score (nSPS) is 18.3. The Kier molecular flexibility index (Phi) is 3.33. The third kappa shape index (κ3) is 2.25. The largest absolute Gasteiger partial charge is 0.366 e. The number of nitrogens with zero attached hydrogens (tertiary/aromatic N) is 1. The number of nitrogens with one attached hydrogen (secondary N) is 1. The van der Waals surface area contributed by atoms with E-state index in [-0.39, 0.29) is 10.9 Å². The summed E-state index contributed by atoms with van der Waals surface area (Å²) in [5.41, 5.74) is 1.16. The van der Waals surface area contributed by atoms with E-state index in [1.165, 1.54) is 22.8 Å². The number of aromatic nitrogens is 1. The second-order valence-electron chi connectivity index (χ2n) is 5.19. The summed E-state index contributed by atoms with van der Waals surface area (Å²) in [6.07, 6.45) is 4.26. The van der Waals surface area contributed by atoms with Crippen LogP contribution in [0.4, 0.5) is 5.69 Å². The van der Waals surface area contributed by atoms with Crippen molar-refractivity contribution in [2.75, 3.05) is 4.31 Å². The molecular formula is C15H16N2O3S. The van der Waals surface area contributed by atoms with Crippen molar-refractivity contribution in [1.82, 2.24) is 4.98 Å². The van der Waals surface area contributed by atoms with Crippen LogP contribution in [0.15, 0.2) is 52.4 Å². The van der Waals surface area contributed by atoms with E-state index < -0.39 is 15.5 Å². The molecule has 1 aromatic carbocycles. The molecule has 3 rings (SSSR count). The standard InChI is InChI=1S/C15H16N2O3S/c1-11-6-7-12-4-2-3-5-13(12)17(11)21(19,20)15-10-16-9-8-14(15)18/h2-5,8-11H,6-7H2,1H3,(H,16,18). The number of benzene rings is 1. The van der Waals surface area contributed by atoms with Gasteiger partial charge in [-0.3, -0.25) is 9.10 Å². The molecule has 1 unspecified atom stereocenters. The molecule has 110 valence electrons. The number of H-pyrrole nitrogens is 1. The first kappa shape index (κ1) is 13.9. The van der Waals surface area contributed by atoms with E-state index in [9.17, 15) is 13.2 Å². The van der Waals surface area contributed by atoms with Gasteiger partial charge in [0, 0.05) is 24.5 Å². The van der Waals surface area contributed by atoms with Gasteiger partial charge in [0.2, 0.25) is 5.43 Å². The lowest BCUT2D eigenvalue weighted by molar-refractivity contribution is 0.562. The number of rotatable bonds is 2. The summed E-state index contributed by atoms with van der Waals surface area (Å²) >= 11 is 0.